The highest BCUT2D eigenvalue weighted by molar-refractivity contribution is 6.28. The van der Waals surface area contributed by atoms with Crippen LogP contribution in [0.2, 0.25) is 0 Å². The van der Waals surface area contributed by atoms with E-state index in [2.05, 4.69) is 4.90 Å². The first-order valence-electron chi connectivity index (χ1n) is 15.5. The van der Waals surface area contributed by atoms with Crippen LogP contribution >= 0.6 is 0 Å². The monoisotopic (exact) mass is 641 g/mol. The Balaban J connectivity index is 1.58. The number of aliphatic hydroxyl groups is 2. The third-order valence-electron chi connectivity index (χ3n) is 8.56. The van der Waals surface area contributed by atoms with E-state index in [-0.39, 0.29) is 19.3 Å². The van der Waals surface area contributed by atoms with Crippen molar-refractivity contribution in [3.63, 3.8) is 0 Å². The molecule has 11 heteroatoms. The van der Waals surface area contributed by atoms with Crippen molar-refractivity contribution in [1.82, 2.24) is 4.90 Å². The quantitative estimate of drug-likeness (QED) is 0.123. The summed E-state index contributed by atoms with van der Waals surface area (Å²) in [6.07, 6.45) is 3.29. The Kier molecular flexibility index (Phi) is 12.5. The normalized spacial score (nSPS) is 17.0. The van der Waals surface area contributed by atoms with E-state index in [0.29, 0.717) is 80.8 Å². The lowest BCUT2D eigenvalue weighted by atomic mass is 9.69. The zero-order chi connectivity index (χ0) is 33.1. The first kappa shape index (κ1) is 34.8. The number of piperidine rings is 1. The molecule has 1 aliphatic heterocycles. The number of carboxylic acids is 1. The van der Waals surface area contributed by atoms with Gasteiger partial charge < -0.3 is 34.4 Å². The zero-order valence-corrected chi connectivity index (χ0v) is 25.9. The molecular weight excluding hydrogens is 600 g/mol. The molecule has 1 aliphatic rings. The minimum absolute atomic E-state index is 0.0146. The van der Waals surface area contributed by atoms with Gasteiger partial charge in [-0.1, -0.05) is 30.3 Å². The Morgan fingerprint density at radius 1 is 0.913 bits per heavy atom. The van der Waals surface area contributed by atoms with Gasteiger partial charge in [-0.05, 0) is 87.0 Å². The van der Waals surface area contributed by atoms with Crippen LogP contribution in [0.25, 0.3) is 0 Å². The van der Waals surface area contributed by atoms with Crippen LogP contribution in [0.4, 0.5) is 8.78 Å². The second-order valence-electron chi connectivity index (χ2n) is 11.4. The molecule has 1 fully saturated rings. The van der Waals surface area contributed by atoms with Gasteiger partial charge in [0.1, 0.15) is 11.6 Å². The van der Waals surface area contributed by atoms with Crippen LogP contribution in [0, 0.1) is 17.6 Å². The van der Waals surface area contributed by atoms with Gasteiger partial charge in [0.05, 0.1) is 13.7 Å². The molecular formula is C35H41F2NO8. The second-order valence-corrected chi connectivity index (χ2v) is 11.4. The Morgan fingerprint density at radius 3 is 2.13 bits per heavy atom. The number of hydrogen-bond donors (Lipinski definition) is 3. The number of carboxylic acid groups (broad SMARTS) is 1. The number of ether oxygens (including phenoxy) is 3. The predicted octanol–water partition coefficient (Wildman–Crippen LogP) is 4.70. The van der Waals surface area contributed by atoms with Crippen LogP contribution < -0.4 is 9.47 Å². The number of nitrogens with zero attached hydrogens (tertiary/aromatic N) is 1. The summed E-state index contributed by atoms with van der Waals surface area (Å²) in [5, 5.41) is 28.4. The number of carbonyl (C=O) groups is 2. The van der Waals surface area contributed by atoms with Gasteiger partial charge in [0.25, 0.3) is 0 Å². The molecule has 46 heavy (non-hydrogen) atoms. The first-order chi connectivity index (χ1) is 22.2. The second kappa shape index (κ2) is 16.5. The smallest absolute Gasteiger partial charge is 0.418 e. The van der Waals surface area contributed by atoms with Crippen LogP contribution in [0.3, 0.4) is 0 Å². The summed E-state index contributed by atoms with van der Waals surface area (Å²) < 4.78 is 45.5. The van der Waals surface area contributed by atoms with Gasteiger partial charge in [-0.15, -0.1) is 0 Å². The number of esters is 1. The molecule has 0 aliphatic carbocycles. The van der Waals surface area contributed by atoms with Crippen molar-refractivity contribution in [2.24, 2.45) is 5.92 Å². The van der Waals surface area contributed by atoms with Crippen LogP contribution in [-0.2, 0) is 26.3 Å². The van der Waals surface area contributed by atoms with Crippen molar-refractivity contribution in [3.05, 3.63) is 95.1 Å². The summed E-state index contributed by atoms with van der Waals surface area (Å²) in [4.78, 5) is 26.8. The van der Waals surface area contributed by atoms with Crippen LogP contribution in [0.1, 0.15) is 48.8 Å². The van der Waals surface area contributed by atoms with Crippen molar-refractivity contribution in [1.29, 1.82) is 0 Å². The molecule has 0 spiro atoms. The van der Waals surface area contributed by atoms with Crippen LogP contribution in [0.5, 0.6) is 11.5 Å². The Bertz CT molecular complexity index is 1390. The average molecular weight is 642 g/mol. The zero-order valence-electron chi connectivity index (χ0n) is 25.9. The topological polar surface area (TPSA) is 126 Å². The number of halogens is 2. The largest absolute Gasteiger partial charge is 0.493 e. The Morgan fingerprint density at radius 2 is 1.57 bits per heavy atom. The van der Waals surface area contributed by atoms with Crippen molar-refractivity contribution in [2.75, 3.05) is 40.0 Å². The van der Waals surface area contributed by atoms with Crippen molar-refractivity contribution < 1.29 is 47.9 Å². The lowest BCUT2D eigenvalue weighted by Gasteiger charge is -2.48. The van der Waals surface area contributed by atoms with E-state index in [0.717, 1.165) is 5.56 Å². The SMILES string of the molecule is COc1cc(CCO)ccc1OCCCN1CCC(C(OC(=O)C(=O)O)(c2ccc(F)cc2)c2ccc(F)cc2)CC1CCCO. The van der Waals surface area contributed by atoms with E-state index < -0.39 is 35.1 Å². The van der Waals surface area contributed by atoms with Gasteiger partial charge in [0.2, 0.25) is 0 Å². The summed E-state index contributed by atoms with van der Waals surface area (Å²) in [7, 11) is 1.56. The molecule has 9 nitrogen and oxygen atoms in total. The number of aliphatic carboxylic acids is 1. The van der Waals surface area contributed by atoms with E-state index in [1.807, 2.05) is 18.2 Å². The molecule has 2 unspecified atom stereocenters. The molecule has 0 bridgehead atoms. The third kappa shape index (κ3) is 8.39. The molecule has 2 atom stereocenters. The third-order valence-corrected chi connectivity index (χ3v) is 8.56. The lowest BCUT2D eigenvalue weighted by molar-refractivity contribution is -0.178. The predicted molar refractivity (Wildman–Crippen MR) is 166 cm³/mol. The van der Waals surface area contributed by atoms with Gasteiger partial charge in [-0.3, -0.25) is 0 Å². The van der Waals surface area contributed by atoms with Gasteiger partial charge in [-0.2, -0.15) is 0 Å². The summed E-state index contributed by atoms with van der Waals surface area (Å²) in [5.74, 6) is -3.55. The number of hydrogen-bond acceptors (Lipinski definition) is 8. The molecule has 0 saturated carbocycles. The first-order valence-corrected chi connectivity index (χ1v) is 15.5. The molecule has 0 aromatic heterocycles. The fourth-order valence-electron chi connectivity index (χ4n) is 6.38. The van der Waals surface area contributed by atoms with Crippen LogP contribution in [-0.4, -0.2) is 78.2 Å². The molecule has 1 heterocycles. The van der Waals surface area contributed by atoms with Crippen molar-refractivity contribution in [2.45, 2.75) is 50.2 Å². The number of rotatable bonds is 15. The number of aliphatic hydroxyl groups excluding tert-OH is 2. The highest BCUT2D eigenvalue weighted by atomic mass is 19.1. The maximum atomic E-state index is 14.1. The number of carbonyl (C=O) groups excluding carboxylic acids is 1. The molecule has 0 radical (unpaired) electrons. The van der Waals surface area contributed by atoms with Gasteiger partial charge >= 0.3 is 11.9 Å². The van der Waals surface area contributed by atoms with E-state index in [1.165, 1.54) is 48.5 Å². The minimum atomic E-state index is -1.78. The summed E-state index contributed by atoms with van der Waals surface area (Å²) in [6.45, 7) is 1.67. The summed E-state index contributed by atoms with van der Waals surface area (Å²) in [6, 6.07) is 16.2. The Hall–Kier alpha value is -4.06. The average Bonchev–Trinajstić information content (AvgIpc) is 3.06. The van der Waals surface area contributed by atoms with Gasteiger partial charge in [0.15, 0.2) is 17.1 Å². The standard InChI is InChI=1S/C35H41F2NO8/c1-44-32-22-24(16-20-40)5-14-31(32)45-21-3-17-38-18-15-27(23-30(38)4-2-19-39)35(46-34(43)33(41)42,25-6-10-28(36)11-7-25)26-8-12-29(37)13-9-26/h5-14,22,27,30,39-40H,2-4,15-21,23H2,1H3,(H,41,42). The summed E-state index contributed by atoms with van der Waals surface area (Å²) in [5.41, 5.74) is 0.0544. The Labute approximate surface area is 267 Å². The maximum Gasteiger partial charge on any atom is 0.418 e. The molecule has 4 rings (SSSR count). The number of likely N-dealkylation sites (tertiary alicyclic amines) is 1. The van der Waals surface area contributed by atoms with Gasteiger partial charge in [0, 0.05) is 42.8 Å². The lowest BCUT2D eigenvalue weighted by Crippen LogP contribution is -2.51. The molecule has 248 valence electrons. The molecule has 0 amide bonds. The van der Waals surface area contributed by atoms with E-state index in [1.54, 1.807) is 7.11 Å². The molecule has 3 N–H and O–H groups in total. The highest BCUT2D eigenvalue weighted by Gasteiger charge is 2.49. The highest BCUT2D eigenvalue weighted by Crippen LogP contribution is 2.47. The molecule has 3 aromatic carbocycles. The van der Waals surface area contributed by atoms with Crippen molar-refractivity contribution in [3.8, 4) is 11.5 Å². The fourth-order valence-corrected chi connectivity index (χ4v) is 6.38. The van der Waals surface area contributed by atoms with E-state index in [4.69, 9.17) is 14.2 Å². The maximum absolute atomic E-state index is 14.1. The summed E-state index contributed by atoms with van der Waals surface area (Å²) >= 11 is 0. The number of methoxy groups -OCH3 is 1. The van der Waals surface area contributed by atoms with Crippen LogP contribution in [0.15, 0.2) is 66.7 Å². The number of benzene rings is 3. The minimum Gasteiger partial charge on any atom is -0.493 e. The van der Waals surface area contributed by atoms with E-state index >= 15 is 0 Å². The van der Waals surface area contributed by atoms with Crippen molar-refractivity contribution >= 4 is 11.9 Å². The molecule has 3 aromatic rings. The van der Waals surface area contributed by atoms with Gasteiger partial charge in [-0.25, -0.2) is 18.4 Å². The fraction of sp³-hybridized carbons (Fsp3) is 0.429. The molecule has 1 saturated heterocycles. The van der Waals surface area contributed by atoms with E-state index in [9.17, 15) is 33.7 Å².